The second-order valence-electron chi connectivity index (χ2n) is 8.05. The lowest BCUT2D eigenvalue weighted by atomic mass is 10.1. The summed E-state index contributed by atoms with van der Waals surface area (Å²) in [6.45, 7) is 5.55. The van der Waals surface area contributed by atoms with Crippen LogP contribution >= 0.6 is 0 Å². The van der Waals surface area contributed by atoms with Crippen LogP contribution in [0.4, 0.5) is 0 Å². The lowest BCUT2D eigenvalue weighted by Crippen LogP contribution is -2.62. The van der Waals surface area contributed by atoms with Crippen LogP contribution in [0.1, 0.15) is 65.2 Å². The summed E-state index contributed by atoms with van der Waals surface area (Å²) in [4.78, 5) is 70.9. The Balaban J connectivity index is 0.000000202. The molecule has 32 heavy (non-hydrogen) atoms. The Bertz CT molecular complexity index is 728. The SMILES string of the molecule is CCCN.CCCNC(=O)C1CCC(=O)N1.O=C1CCC2C(=O)N3C(=O)CCC3C(=O)N12. The fourth-order valence-corrected chi connectivity index (χ4v) is 3.89. The maximum Gasteiger partial charge on any atom is 0.253 e. The van der Waals surface area contributed by atoms with Gasteiger partial charge >= 0.3 is 0 Å². The maximum absolute atomic E-state index is 11.9. The van der Waals surface area contributed by atoms with Gasteiger partial charge in [-0.05, 0) is 38.6 Å². The van der Waals surface area contributed by atoms with Crippen LogP contribution in [0.3, 0.4) is 0 Å². The van der Waals surface area contributed by atoms with E-state index in [1.807, 2.05) is 6.92 Å². The van der Waals surface area contributed by atoms with E-state index in [2.05, 4.69) is 17.6 Å². The van der Waals surface area contributed by atoms with Gasteiger partial charge in [0.15, 0.2) is 0 Å². The van der Waals surface area contributed by atoms with E-state index in [-0.39, 0.29) is 54.3 Å². The van der Waals surface area contributed by atoms with E-state index < -0.39 is 12.1 Å². The number of carbonyl (C=O) groups is 6. The van der Waals surface area contributed by atoms with Gasteiger partial charge in [-0.2, -0.15) is 0 Å². The quantitative estimate of drug-likeness (QED) is 0.471. The van der Waals surface area contributed by atoms with Crippen LogP contribution in [0, 0.1) is 0 Å². The highest BCUT2D eigenvalue weighted by Gasteiger charge is 2.55. The summed E-state index contributed by atoms with van der Waals surface area (Å²) >= 11 is 0. The molecule has 4 rings (SSSR count). The topological polar surface area (TPSA) is 159 Å². The van der Waals surface area contributed by atoms with Gasteiger partial charge in [0.2, 0.25) is 23.6 Å². The summed E-state index contributed by atoms with van der Waals surface area (Å²) in [7, 11) is 0. The van der Waals surface area contributed by atoms with Gasteiger partial charge in [0.25, 0.3) is 11.8 Å². The summed E-state index contributed by atoms with van der Waals surface area (Å²) in [5.74, 6) is -1.41. The predicted octanol–water partition coefficient (Wildman–Crippen LogP) is -0.818. The lowest BCUT2D eigenvalue weighted by molar-refractivity contribution is -0.165. The number of nitrogens with zero attached hydrogens (tertiary/aromatic N) is 2. The van der Waals surface area contributed by atoms with Crippen molar-refractivity contribution in [3.63, 3.8) is 0 Å². The van der Waals surface area contributed by atoms with Crippen LogP contribution in [0.25, 0.3) is 0 Å². The number of nitrogens with two attached hydrogens (primary N) is 1. The maximum atomic E-state index is 11.9. The molecule has 3 unspecified atom stereocenters. The van der Waals surface area contributed by atoms with Crippen LogP contribution in [-0.4, -0.2) is 76.5 Å². The number of imide groups is 2. The first kappa shape index (κ1) is 25.4. The molecule has 4 fully saturated rings. The minimum Gasteiger partial charge on any atom is -0.354 e. The molecule has 4 N–H and O–H groups in total. The molecule has 0 aromatic heterocycles. The van der Waals surface area contributed by atoms with Gasteiger partial charge in [0, 0.05) is 25.8 Å². The number of carbonyl (C=O) groups excluding carboxylic acids is 6. The largest absolute Gasteiger partial charge is 0.354 e. The highest BCUT2D eigenvalue weighted by molar-refractivity contribution is 6.14. The van der Waals surface area contributed by atoms with Crippen molar-refractivity contribution in [3.8, 4) is 0 Å². The van der Waals surface area contributed by atoms with Crippen molar-refractivity contribution in [2.24, 2.45) is 5.73 Å². The predicted molar refractivity (Wildman–Crippen MR) is 114 cm³/mol. The van der Waals surface area contributed by atoms with Gasteiger partial charge in [-0.3, -0.25) is 38.6 Å². The Kier molecular flexibility index (Phi) is 9.30. The third-order valence-electron chi connectivity index (χ3n) is 5.62. The van der Waals surface area contributed by atoms with Crippen LogP contribution in [0.2, 0.25) is 0 Å². The molecule has 0 aromatic carbocycles. The molecule has 0 aromatic rings. The highest BCUT2D eigenvalue weighted by atomic mass is 16.2. The number of fused-ring (bicyclic) bond motifs is 2. The smallest absolute Gasteiger partial charge is 0.253 e. The molecule has 3 atom stereocenters. The Labute approximate surface area is 187 Å². The van der Waals surface area contributed by atoms with Gasteiger partial charge in [0.05, 0.1) is 0 Å². The molecule has 11 nitrogen and oxygen atoms in total. The molecule has 0 radical (unpaired) electrons. The first-order chi connectivity index (χ1) is 15.3. The number of hydrogen-bond acceptors (Lipinski definition) is 7. The normalized spacial score (nSPS) is 26.0. The Morgan fingerprint density at radius 2 is 1.41 bits per heavy atom. The summed E-state index contributed by atoms with van der Waals surface area (Å²) in [6, 6.07) is -1.74. The number of piperazine rings is 1. The monoisotopic (exact) mass is 451 g/mol. The van der Waals surface area contributed by atoms with Crippen molar-refractivity contribution in [1.29, 1.82) is 0 Å². The zero-order valence-electron chi connectivity index (χ0n) is 18.7. The molecule has 0 bridgehead atoms. The molecule has 4 saturated heterocycles. The van der Waals surface area contributed by atoms with Crippen LogP contribution in [0.15, 0.2) is 0 Å². The van der Waals surface area contributed by atoms with Crippen LogP contribution in [0.5, 0.6) is 0 Å². The molecule has 6 amide bonds. The molecule has 4 aliphatic heterocycles. The van der Waals surface area contributed by atoms with Crippen molar-refractivity contribution in [2.45, 2.75) is 83.3 Å². The van der Waals surface area contributed by atoms with Gasteiger partial charge in [0.1, 0.15) is 18.1 Å². The third kappa shape index (κ3) is 5.70. The number of nitrogens with one attached hydrogen (secondary N) is 2. The second-order valence-corrected chi connectivity index (χ2v) is 8.05. The average Bonchev–Trinajstić information content (AvgIpc) is 3.50. The molecule has 178 valence electrons. The van der Waals surface area contributed by atoms with Crippen molar-refractivity contribution in [2.75, 3.05) is 13.1 Å². The number of amides is 6. The first-order valence-electron chi connectivity index (χ1n) is 11.3. The van der Waals surface area contributed by atoms with E-state index in [0.717, 1.165) is 29.2 Å². The number of rotatable bonds is 4. The van der Waals surface area contributed by atoms with Crippen LogP contribution < -0.4 is 16.4 Å². The minimum absolute atomic E-state index is 0.0216. The second kappa shape index (κ2) is 11.7. The van der Waals surface area contributed by atoms with Crippen molar-refractivity contribution in [1.82, 2.24) is 20.4 Å². The minimum atomic E-state index is -0.724. The van der Waals surface area contributed by atoms with E-state index in [1.54, 1.807) is 0 Å². The Morgan fingerprint density at radius 1 is 0.906 bits per heavy atom. The van der Waals surface area contributed by atoms with Gasteiger partial charge in [-0.15, -0.1) is 0 Å². The molecule has 4 aliphatic rings. The zero-order chi connectivity index (χ0) is 23.8. The zero-order valence-corrected chi connectivity index (χ0v) is 18.7. The first-order valence-corrected chi connectivity index (χ1v) is 11.3. The molecule has 11 heteroatoms. The molecular formula is C21H33N5O6. The van der Waals surface area contributed by atoms with Crippen molar-refractivity contribution < 1.29 is 28.8 Å². The van der Waals surface area contributed by atoms with E-state index in [4.69, 9.17) is 5.73 Å². The lowest BCUT2D eigenvalue weighted by Gasteiger charge is -2.36. The van der Waals surface area contributed by atoms with E-state index >= 15 is 0 Å². The molecular weight excluding hydrogens is 418 g/mol. The molecule has 4 heterocycles. The van der Waals surface area contributed by atoms with E-state index in [0.29, 0.717) is 32.2 Å². The molecule has 0 saturated carbocycles. The van der Waals surface area contributed by atoms with Gasteiger partial charge < -0.3 is 16.4 Å². The molecule has 0 spiro atoms. The Morgan fingerprint density at radius 3 is 1.78 bits per heavy atom. The summed E-state index contributed by atoms with van der Waals surface area (Å²) in [6.07, 6.45) is 4.26. The fraction of sp³-hybridized carbons (Fsp3) is 0.714. The Hall–Kier alpha value is -2.82. The third-order valence-corrected chi connectivity index (χ3v) is 5.62. The fourth-order valence-electron chi connectivity index (χ4n) is 3.89. The average molecular weight is 452 g/mol. The summed E-state index contributed by atoms with van der Waals surface area (Å²) < 4.78 is 0. The van der Waals surface area contributed by atoms with E-state index in [1.165, 1.54) is 0 Å². The summed E-state index contributed by atoms with van der Waals surface area (Å²) in [5.41, 5.74) is 5.03. The summed E-state index contributed by atoms with van der Waals surface area (Å²) in [5, 5.41) is 5.35. The van der Waals surface area contributed by atoms with Crippen molar-refractivity contribution >= 4 is 35.4 Å². The van der Waals surface area contributed by atoms with E-state index in [9.17, 15) is 28.8 Å². The molecule has 0 aliphatic carbocycles. The van der Waals surface area contributed by atoms with Crippen LogP contribution in [-0.2, 0) is 28.8 Å². The standard InChI is InChI=1S/C10H10N2O4.C8H14N2O2.C3H9N/c13-7-3-1-5-9(15)12-6(2-4-8(12)14)10(16)11(5)7;1-2-5-9-8(12)6-3-4-7(11)10-6;1-2-3-4/h5-6H,1-4H2;6H,2-5H2,1H3,(H,9,12)(H,10,11);2-4H2,1H3. The van der Waals surface area contributed by atoms with Crippen molar-refractivity contribution in [3.05, 3.63) is 0 Å². The highest BCUT2D eigenvalue weighted by Crippen LogP contribution is 2.33. The number of hydrogen-bond donors (Lipinski definition) is 3. The van der Waals surface area contributed by atoms with Gasteiger partial charge in [-0.1, -0.05) is 13.8 Å². The van der Waals surface area contributed by atoms with Gasteiger partial charge in [-0.25, -0.2) is 0 Å².